The second-order valence-electron chi connectivity index (χ2n) is 7.95. The van der Waals surface area contributed by atoms with Crippen molar-refractivity contribution in [2.75, 3.05) is 5.88 Å². The quantitative estimate of drug-likeness (QED) is 0.0879. The monoisotopic (exact) mass is 634 g/mol. The van der Waals surface area contributed by atoms with Crippen LogP contribution in [0.4, 0.5) is 4.39 Å². The Bertz CT molecular complexity index is 1430. The molecule has 1 aliphatic heterocycles. The zero-order valence-corrected chi connectivity index (χ0v) is 23.3. The van der Waals surface area contributed by atoms with Gasteiger partial charge in [-0.15, -0.1) is 11.6 Å². The maximum Gasteiger partial charge on any atom is 0.282 e. The van der Waals surface area contributed by atoms with Crippen LogP contribution in [-0.4, -0.2) is 45.4 Å². The minimum Gasteiger partial charge on any atom is -0.292 e. The summed E-state index contributed by atoms with van der Waals surface area (Å²) in [4.78, 5) is 54.8. The van der Waals surface area contributed by atoms with Crippen molar-refractivity contribution >= 4 is 93.1 Å². The maximum absolute atomic E-state index is 13.9. The zero-order valence-electron chi connectivity index (χ0n) is 18.8. The predicted octanol–water partition coefficient (Wildman–Crippen LogP) is 7.63. The molecule has 0 spiro atoms. The van der Waals surface area contributed by atoms with E-state index in [1.807, 2.05) is 0 Å². The van der Waals surface area contributed by atoms with Gasteiger partial charge in [-0.25, -0.2) is 9.40 Å². The number of nitrogens with zero attached hydrogens (tertiary/aromatic N) is 2. The number of alkyl halides is 1. The number of hydrogen-bond acceptors (Lipinski definition) is 4. The van der Waals surface area contributed by atoms with Crippen LogP contribution in [0.15, 0.2) is 48.5 Å². The van der Waals surface area contributed by atoms with Crippen molar-refractivity contribution < 1.29 is 23.6 Å². The summed E-state index contributed by atoms with van der Waals surface area (Å²) in [6.07, 6.45) is -0.187. The molecule has 0 saturated heterocycles. The molecule has 6 nitrogen and oxygen atoms in total. The number of Topliss-reactive ketones (excluding diaryl/α,β-unsaturated/α-hetero) is 1. The fourth-order valence-electron chi connectivity index (χ4n) is 3.90. The molecule has 1 heterocycles. The van der Waals surface area contributed by atoms with E-state index in [-0.39, 0.29) is 54.6 Å². The summed E-state index contributed by atoms with van der Waals surface area (Å²) < 4.78 is 13.5. The third-order valence-corrected chi connectivity index (χ3v) is 7.98. The number of amides is 3. The summed E-state index contributed by atoms with van der Waals surface area (Å²) in [5, 5.41) is 0.229. The average molecular weight is 637 g/mol. The standard InChI is InChI=1S/C25H13Cl6FN2O4/c26-10-9-15(22(35)11-3-7-14(32)8-4-11)33(23(36)12-1-5-13(27)6-2-12)34-24(37)16-17(25(34)38)19(29)21(31)20(30)18(16)28/h1-8,15H,9-10H2/t15-/m0/s1. The Kier molecular flexibility index (Phi) is 8.57. The second-order valence-corrected chi connectivity index (χ2v) is 10.3. The first-order valence-electron chi connectivity index (χ1n) is 10.7. The molecule has 4 rings (SSSR count). The number of rotatable bonds is 7. The minimum atomic E-state index is -1.48. The largest absolute Gasteiger partial charge is 0.292 e. The van der Waals surface area contributed by atoms with Crippen molar-refractivity contribution in [3.8, 4) is 0 Å². The van der Waals surface area contributed by atoms with Gasteiger partial charge in [-0.05, 0) is 55.0 Å². The number of hydrazine groups is 1. The van der Waals surface area contributed by atoms with Crippen LogP contribution in [0.2, 0.25) is 25.1 Å². The van der Waals surface area contributed by atoms with E-state index in [9.17, 15) is 23.6 Å². The molecule has 196 valence electrons. The molecule has 0 fully saturated rings. The number of imide groups is 1. The highest BCUT2D eigenvalue weighted by atomic mass is 35.5. The third-order valence-electron chi connectivity index (χ3n) is 5.70. The summed E-state index contributed by atoms with van der Waals surface area (Å²) in [7, 11) is 0. The van der Waals surface area contributed by atoms with Gasteiger partial charge in [0.25, 0.3) is 17.7 Å². The SMILES string of the molecule is O=C(c1ccc(F)cc1)[C@H](CCCl)N(C(=O)c1ccc(Cl)cc1)N1C(=O)c2c(Cl)c(Cl)c(Cl)c(Cl)c2C1=O. The van der Waals surface area contributed by atoms with E-state index in [1.54, 1.807) is 0 Å². The van der Waals surface area contributed by atoms with Crippen molar-refractivity contribution in [1.29, 1.82) is 0 Å². The number of halogens is 7. The normalized spacial score (nSPS) is 13.5. The number of hydrogen-bond donors (Lipinski definition) is 0. The van der Waals surface area contributed by atoms with Crippen molar-refractivity contribution in [3.63, 3.8) is 0 Å². The fourth-order valence-corrected chi connectivity index (χ4v) is 5.25. The van der Waals surface area contributed by atoms with Crippen molar-refractivity contribution in [3.05, 3.63) is 102 Å². The predicted molar refractivity (Wildman–Crippen MR) is 144 cm³/mol. The molecule has 0 aromatic heterocycles. The molecular formula is C25H13Cl6FN2O4. The van der Waals surface area contributed by atoms with Gasteiger partial charge in [0, 0.05) is 22.0 Å². The van der Waals surface area contributed by atoms with E-state index < -0.39 is 35.4 Å². The molecule has 0 unspecified atom stereocenters. The van der Waals surface area contributed by atoms with Gasteiger partial charge in [-0.1, -0.05) is 58.0 Å². The topological polar surface area (TPSA) is 74.8 Å². The molecule has 0 radical (unpaired) electrons. The van der Waals surface area contributed by atoms with E-state index >= 15 is 0 Å². The van der Waals surface area contributed by atoms with Crippen molar-refractivity contribution in [1.82, 2.24) is 10.0 Å². The van der Waals surface area contributed by atoms with Crippen LogP contribution in [-0.2, 0) is 0 Å². The van der Waals surface area contributed by atoms with E-state index in [4.69, 9.17) is 69.6 Å². The van der Waals surface area contributed by atoms with Crippen LogP contribution in [0.25, 0.3) is 0 Å². The molecule has 38 heavy (non-hydrogen) atoms. The smallest absolute Gasteiger partial charge is 0.282 e. The lowest BCUT2D eigenvalue weighted by molar-refractivity contribution is -0.00960. The Morgan fingerprint density at radius 2 is 1.24 bits per heavy atom. The van der Waals surface area contributed by atoms with Crippen molar-refractivity contribution in [2.45, 2.75) is 12.5 Å². The van der Waals surface area contributed by atoms with E-state index in [1.165, 1.54) is 36.4 Å². The Morgan fingerprint density at radius 1 is 0.763 bits per heavy atom. The molecule has 0 bridgehead atoms. The number of carbonyl (C=O) groups excluding carboxylic acids is 4. The Morgan fingerprint density at radius 3 is 1.71 bits per heavy atom. The van der Waals surface area contributed by atoms with Crippen LogP contribution >= 0.6 is 69.6 Å². The summed E-state index contributed by atoms with van der Waals surface area (Å²) in [6, 6.07) is 8.59. The van der Waals surface area contributed by atoms with Crippen LogP contribution in [0.1, 0.15) is 47.9 Å². The Hall–Kier alpha value is -2.39. The molecule has 1 atom stereocenters. The molecular weight excluding hydrogens is 624 g/mol. The van der Waals surface area contributed by atoms with Gasteiger partial charge in [-0.3, -0.25) is 19.2 Å². The first-order valence-corrected chi connectivity index (χ1v) is 13.1. The number of fused-ring (bicyclic) bond motifs is 1. The fraction of sp³-hybridized carbons (Fsp3) is 0.120. The molecule has 0 N–H and O–H groups in total. The average Bonchev–Trinajstić information content (AvgIpc) is 3.16. The number of carbonyl (C=O) groups is 4. The second kappa shape index (κ2) is 11.4. The molecule has 0 saturated carbocycles. The molecule has 3 amide bonds. The molecule has 3 aromatic rings. The van der Waals surface area contributed by atoms with Gasteiger partial charge in [0.15, 0.2) is 5.78 Å². The molecule has 13 heteroatoms. The Balaban J connectivity index is 1.92. The van der Waals surface area contributed by atoms with Crippen molar-refractivity contribution in [2.24, 2.45) is 0 Å². The minimum absolute atomic E-state index is 0.00851. The first-order chi connectivity index (χ1) is 18.0. The highest BCUT2D eigenvalue weighted by Crippen LogP contribution is 2.45. The highest BCUT2D eigenvalue weighted by molar-refractivity contribution is 6.55. The van der Waals surface area contributed by atoms with Gasteiger partial charge in [0.2, 0.25) is 0 Å². The van der Waals surface area contributed by atoms with E-state index in [0.29, 0.717) is 15.0 Å². The van der Waals surface area contributed by atoms with Gasteiger partial charge >= 0.3 is 0 Å². The van der Waals surface area contributed by atoms with Crippen LogP contribution in [0, 0.1) is 5.82 Å². The van der Waals surface area contributed by atoms with Crippen LogP contribution < -0.4 is 0 Å². The number of ketones is 1. The third kappa shape index (κ3) is 4.99. The van der Waals surface area contributed by atoms with Crippen LogP contribution in [0.5, 0.6) is 0 Å². The molecule has 3 aromatic carbocycles. The first kappa shape index (κ1) is 28.6. The summed E-state index contributed by atoms with van der Waals surface area (Å²) in [5.41, 5.74) is -0.771. The highest BCUT2D eigenvalue weighted by Gasteiger charge is 2.49. The van der Waals surface area contributed by atoms with Gasteiger partial charge < -0.3 is 0 Å². The van der Waals surface area contributed by atoms with Gasteiger partial charge in [-0.2, -0.15) is 5.01 Å². The summed E-state index contributed by atoms with van der Waals surface area (Å²) >= 11 is 36.7. The van der Waals surface area contributed by atoms with E-state index in [2.05, 4.69) is 0 Å². The maximum atomic E-state index is 13.9. The number of benzene rings is 3. The Labute approximate surface area is 245 Å². The lowest BCUT2D eigenvalue weighted by Gasteiger charge is -2.36. The lowest BCUT2D eigenvalue weighted by Crippen LogP contribution is -2.57. The molecule has 0 aliphatic carbocycles. The zero-order chi connectivity index (χ0) is 27.9. The summed E-state index contributed by atoms with van der Waals surface area (Å²) in [6.45, 7) is 0. The van der Waals surface area contributed by atoms with Gasteiger partial charge in [0.1, 0.15) is 11.9 Å². The summed E-state index contributed by atoms with van der Waals surface area (Å²) in [5.74, 6) is -4.50. The van der Waals surface area contributed by atoms with Crippen LogP contribution in [0.3, 0.4) is 0 Å². The van der Waals surface area contributed by atoms with Gasteiger partial charge in [0.05, 0.1) is 31.2 Å². The van der Waals surface area contributed by atoms with E-state index in [0.717, 1.165) is 12.1 Å². The molecule has 1 aliphatic rings. The lowest BCUT2D eigenvalue weighted by atomic mass is 10.0.